The number of aromatic nitrogens is 1. The summed E-state index contributed by atoms with van der Waals surface area (Å²) in [6, 6.07) is 3.07. The minimum Gasteiger partial charge on any atom is -0.384 e. The smallest absolute Gasteiger partial charge is 0.161 e. The maximum atomic E-state index is 13.8. The lowest BCUT2D eigenvalue weighted by molar-refractivity contribution is 0.493. The molecule has 6 heteroatoms. The van der Waals surface area contributed by atoms with Gasteiger partial charge in [0.15, 0.2) is 11.6 Å². The molecule has 3 nitrogen and oxygen atoms in total. The van der Waals surface area contributed by atoms with Gasteiger partial charge < -0.3 is 5.73 Å². The first-order valence-electron chi connectivity index (χ1n) is 5.40. The zero-order chi connectivity index (χ0) is 14.3. The Morgan fingerprint density at radius 2 is 1.68 bits per heavy atom. The second-order valence-corrected chi connectivity index (χ2v) is 4.14. The van der Waals surface area contributed by atoms with Gasteiger partial charge in [-0.25, -0.2) is 13.2 Å². The third kappa shape index (κ3) is 1.83. The van der Waals surface area contributed by atoms with Gasteiger partial charge in [-0.3, -0.25) is 4.57 Å². The van der Waals surface area contributed by atoms with Crippen molar-refractivity contribution in [3.63, 3.8) is 0 Å². The first kappa shape index (κ1) is 13.0. The summed E-state index contributed by atoms with van der Waals surface area (Å²) in [6.07, 6.45) is 0. The summed E-state index contributed by atoms with van der Waals surface area (Å²) in [5.41, 5.74) is 6.81. The van der Waals surface area contributed by atoms with Crippen molar-refractivity contribution in [3.05, 3.63) is 46.4 Å². The zero-order valence-corrected chi connectivity index (χ0v) is 10.3. The molecule has 0 aliphatic carbocycles. The number of nitrogens with zero attached hydrogens (tertiary/aromatic N) is 2. The molecule has 98 valence electrons. The van der Waals surface area contributed by atoms with E-state index >= 15 is 0 Å². The maximum Gasteiger partial charge on any atom is 0.161 e. The highest BCUT2D eigenvalue weighted by Crippen LogP contribution is 2.29. The maximum absolute atomic E-state index is 13.8. The van der Waals surface area contributed by atoms with Crippen LogP contribution in [0.15, 0.2) is 12.1 Å². The van der Waals surface area contributed by atoms with E-state index in [2.05, 4.69) is 0 Å². The van der Waals surface area contributed by atoms with Crippen LogP contribution >= 0.6 is 0 Å². The lowest BCUT2D eigenvalue weighted by atomic mass is 10.2. The standard InChI is InChI=1S/C13H10F3N3/c1-6-7(2)19(13(18)8(6)5-17)12-4-10(15)9(14)3-11(12)16/h3-4H,18H2,1-2H3. The van der Waals surface area contributed by atoms with Crippen LogP contribution in [-0.4, -0.2) is 4.57 Å². The lowest BCUT2D eigenvalue weighted by Gasteiger charge is -2.10. The molecule has 0 saturated carbocycles. The molecule has 0 fully saturated rings. The second-order valence-electron chi connectivity index (χ2n) is 4.14. The topological polar surface area (TPSA) is 54.7 Å². The van der Waals surface area contributed by atoms with E-state index < -0.39 is 17.5 Å². The summed E-state index contributed by atoms with van der Waals surface area (Å²) in [5.74, 6) is -3.41. The molecule has 0 unspecified atom stereocenters. The number of halogens is 3. The second kappa shape index (κ2) is 4.35. The van der Waals surface area contributed by atoms with E-state index in [0.29, 0.717) is 23.4 Å². The predicted molar refractivity (Wildman–Crippen MR) is 64.2 cm³/mol. The normalized spacial score (nSPS) is 10.5. The summed E-state index contributed by atoms with van der Waals surface area (Å²) in [4.78, 5) is 0. The average Bonchev–Trinajstić information content (AvgIpc) is 2.56. The Bertz CT molecular complexity index is 711. The van der Waals surface area contributed by atoms with Gasteiger partial charge in [0.05, 0.1) is 11.3 Å². The van der Waals surface area contributed by atoms with E-state index in [1.165, 1.54) is 4.57 Å². The molecule has 1 aromatic heterocycles. The molecule has 0 spiro atoms. The highest BCUT2D eigenvalue weighted by Gasteiger charge is 2.20. The molecular formula is C13H10F3N3. The third-order valence-corrected chi connectivity index (χ3v) is 3.09. The Morgan fingerprint density at radius 3 is 2.21 bits per heavy atom. The van der Waals surface area contributed by atoms with Crippen molar-refractivity contribution >= 4 is 5.82 Å². The lowest BCUT2D eigenvalue weighted by Crippen LogP contribution is -2.06. The molecule has 0 saturated heterocycles. The average molecular weight is 265 g/mol. The minimum atomic E-state index is -1.28. The van der Waals surface area contributed by atoms with Gasteiger partial charge >= 0.3 is 0 Å². The Kier molecular flexibility index (Phi) is 2.98. The zero-order valence-electron chi connectivity index (χ0n) is 10.3. The minimum absolute atomic E-state index is 0.00223. The van der Waals surface area contributed by atoms with E-state index in [1.807, 2.05) is 6.07 Å². The molecule has 1 aromatic carbocycles. The molecule has 19 heavy (non-hydrogen) atoms. The van der Waals surface area contributed by atoms with Crippen LogP contribution in [0, 0.1) is 42.6 Å². The van der Waals surface area contributed by atoms with Gasteiger partial charge in [0.2, 0.25) is 0 Å². The van der Waals surface area contributed by atoms with Gasteiger partial charge in [0.25, 0.3) is 0 Å². The molecule has 2 rings (SSSR count). The Morgan fingerprint density at radius 1 is 1.11 bits per heavy atom. The van der Waals surface area contributed by atoms with Gasteiger partial charge in [-0.2, -0.15) is 5.26 Å². The van der Waals surface area contributed by atoms with Crippen LogP contribution in [0.25, 0.3) is 5.69 Å². The highest BCUT2D eigenvalue weighted by molar-refractivity contribution is 5.62. The van der Waals surface area contributed by atoms with Crippen molar-refractivity contribution in [1.82, 2.24) is 4.57 Å². The number of nitrogen functional groups attached to an aromatic ring is 1. The molecule has 0 radical (unpaired) electrons. The molecule has 1 heterocycles. The number of nitrogens with two attached hydrogens (primary N) is 1. The van der Waals surface area contributed by atoms with Crippen LogP contribution in [0.5, 0.6) is 0 Å². The molecule has 2 aromatic rings. The van der Waals surface area contributed by atoms with E-state index in [0.717, 1.165) is 0 Å². The van der Waals surface area contributed by atoms with Crippen LogP contribution in [0.3, 0.4) is 0 Å². The molecule has 0 aliphatic heterocycles. The fourth-order valence-corrected chi connectivity index (χ4v) is 1.97. The SMILES string of the molecule is Cc1c(C#N)c(N)n(-c2cc(F)c(F)cc2F)c1C. The van der Waals surface area contributed by atoms with Crippen LogP contribution in [0.2, 0.25) is 0 Å². The van der Waals surface area contributed by atoms with E-state index in [-0.39, 0.29) is 17.1 Å². The van der Waals surface area contributed by atoms with E-state index in [4.69, 9.17) is 11.0 Å². The monoisotopic (exact) mass is 265 g/mol. The van der Waals surface area contributed by atoms with Crippen molar-refractivity contribution in [2.45, 2.75) is 13.8 Å². The fourth-order valence-electron chi connectivity index (χ4n) is 1.97. The molecule has 0 aliphatic rings. The van der Waals surface area contributed by atoms with Gasteiger partial charge in [0.1, 0.15) is 17.7 Å². The molecule has 0 atom stereocenters. The van der Waals surface area contributed by atoms with Crippen molar-refractivity contribution in [3.8, 4) is 11.8 Å². The Labute approximate surface area is 107 Å². The fraction of sp³-hybridized carbons (Fsp3) is 0.154. The first-order valence-corrected chi connectivity index (χ1v) is 5.40. The van der Waals surface area contributed by atoms with Gasteiger partial charge in [-0.1, -0.05) is 0 Å². The summed E-state index contributed by atoms with van der Waals surface area (Å²) in [7, 11) is 0. The third-order valence-electron chi connectivity index (χ3n) is 3.09. The number of nitriles is 1. The molecule has 0 bridgehead atoms. The Balaban J connectivity index is 2.81. The van der Waals surface area contributed by atoms with Crippen molar-refractivity contribution in [1.29, 1.82) is 5.26 Å². The number of anilines is 1. The number of rotatable bonds is 1. The highest BCUT2D eigenvalue weighted by atomic mass is 19.2. The summed E-state index contributed by atoms with van der Waals surface area (Å²) >= 11 is 0. The van der Waals surface area contributed by atoms with Crippen molar-refractivity contribution in [2.24, 2.45) is 0 Å². The van der Waals surface area contributed by atoms with Gasteiger partial charge in [-0.05, 0) is 19.4 Å². The van der Waals surface area contributed by atoms with Crippen LogP contribution in [0.4, 0.5) is 19.0 Å². The summed E-state index contributed by atoms with van der Waals surface area (Å²) in [6.45, 7) is 3.27. The predicted octanol–water partition coefficient (Wildman–Crippen LogP) is 2.97. The van der Waals surface area contributed by atoms with Crippen LogP contribution < -0.4 is 5.73 Å². The summed E-state index contributed by atoms with van der Waals surface area (Å²) in [5, 5.41) is 8.98. The quantitative estimate of drug-likeness (QED) is 0.806. The van der Waals surface area contributed by atoms with Crippen LogP contribution in [-0.2, 0) is 0 Å². The number of benzene rings is 1. The van der Waals surface area contributed by atoms with Gasteiger partial charge in [0, 0.05) is 17.8 Å². The van der Waals surface area contributed by atoms with Crippen LogP contribution in [0.1, 0.15) is 16.8 Å². The first-order chi connectivity index (χ1) is 8.88. The van der Waals surface area contributed by atoms with Crippen molar-refractivity contribution < 1.29 is 13.2 Å². The Hall–Kier alpha value is -2.42. The molecule has 0 amide bonds. The number of hydrogen-bond donors (Lipinski definition) is 1. The van der Waals surface area contributed by atoms with Crippen molar-refractivity contribution in [2.75, 3.05) is 5.73 Å². The van der Waals surface area contributed by atoms with Gasteiger partial charge in [-0.15, -0.1) is 0 Å². The summed E-state index contributed by atoms with van der Waals surface area (Å²) < 4.78 is 41.1. The van der Waals surface area contributed by atoms with E-state index in [1.54, 1.807) is 13.8 Å². The molecule has 2 N–H and O–H groups in total. The molecular weight excluding hydrogens is 255 g/mol. The largest absolute Gasteiger partial charge is 0.384 e. The van der Waals surface area contributed by atoms with E-state index in [9.17, 15) is 13.2 Å². The number of hydrogen-bond acceptors (Lipinski definition) is 2.